The summed E-state index contributed by atoms with van der Waals surface area (Å²) in [7, 11) is 2.09. The second-order valence-electron chi connectivity index (χ2n) is 5.55. The second-order valence-corrected chi connectivity index (χ2v) is 6.54. The maximum Gasteiger partial charge on any atom is 0.123 e. The van der Waals surface area contributed by atoms with E-state index in [9.17, 15) is 4.39 Å². The van der Waals surface area contributed by atoms with Gasteiger partial charge < -0.3 is 10.2 Å². The van der Waals surface area contributed by atoms with Gasteiger partial charge in [-0.15, -0.1) is 0 Å². The van der Waals surface area contributed by atoms with Crippen LogP contribution in [0, 0.1) is 5.82 Å². The first-order chi connectivity index (χ1) is 9.45. The van der Waals surface area contributed by atoms with Crippen LogP contribution in [-0.4, -0.2) is 31.1 Å². The largest absolute Gasteiger partial charge is 0.372 e. The summed E-state index contributed by atoms with van der Waals surface area (Å²) in [5.41, 5.74) is 2.14. The first kappa shape index (κ1) is 17.3. The van der Waals surface area contributed by atoms with Gasteiger partial charge in [0.1, 0.15) is 5.82 Å². The summed E-state index contributed by atoms with van der Waals surface area (Å²) >= 11 is 1.86. The highest BCUT2D eigenvalue weighted by Crippen LogP contribution is 2.24. The zero-order valence-corrected chi connectivity index (χ0v) is 14.1. The van der Waals surface area contributed by atoms with Crippen molar-refractivity contribution in [1.82, 2.24) is 5.32 Å². The topological polar surface area (TPSA) is 15.3 Å². The molecule has 0 fully saturated rings. The van der Waals surface area contributed by atoms with Crippen molar-refractivity contribution in [1.29, 1.82) is 0 Å². The van der Waals surface area contributed by atoms with Crippen LogP contribution >= 0.6 is 11.8 Å². The molecule has 2 nitrogen and oxygen atoms in total. The molecule has 0 radical (unpaired) electrons. The lowest BCUT2D eigenvalue weighted by molar-refractivity contribution is 0.578. The van der Waals surface area contributed by atoms with E-state index in [-0.39, 0.29) is 5.82 Å². The SMILES string of the molecule is CSCCC(C)N(C)c1ccc(F)cc1CNC(C)C. The summed E-state index contributed by atoms with van der Waals surface area (Å²) in [6.07, 6.45) is 3.26. The molecule has 114 valence electrons. The number of nitrogens with one attached hydrogen (secondary N) is 1. The van der Waals surface area contributed by atoms with Gasteiger partial charge in [0.05, 0.1) is 0 Å². The standard InChI is InChI=1S/C16H27FN2S/c1-12(2)18-11-14-10-15(17)6-7-16(14)19(4)13(3)8-9-20-5/h6-7,10,12-13,18H,8-9,11H2,1-5H3. The average Bonchev–Trinajstić information content (AvgIpc) is 2.41. The zero-order chi connectivity index (χ0) is 15.1. The highest BCUT2D eigenvalue weighted by Gasteiger charge is 2.14. The molecule has 1 rings (SSSR count). The summed E-state index contributed by atoms with van der Waals surface area (Å²) in [6, 6.07) is 5.92. The number of nitrogens with zero attached hydrogens (tertiary/aromatic N) is 1. The van der Waals surface area contributed by atoms with Crippen molar-refractivity contribution >= 4 is 17.4 Å². The molecule has 4 heteroatoms. The van der Waals surface area contributed by atoms with Crippen molar-refractivity contribution < 1.29 is 4.39 Å². The molecule has 0 saturated carbocycles. The molecule has 0 saturated heterocycles. The highest BCUT2D eigenvalue weighted by atomic mass is 32.2. The molecule has 1 unspecified atom stereocenters. The Morgan fingerprint density at radius 3 is 2.60 bits per heavy atom. The van der Waals surface area contributed by atoms with Crippen molar-refractivity contribution in [3.63, 3.8) is 0 Å². The van der Waals surface area contributed by atoms with Crippen molar-refractivity contribution in [2.75, 3.05) is 24.0 Å². The smallest absolute Gasteiger partial charge is 0.123 e. The fraction of sp³-hybridized carbons (Fsp3) is 0.625. The quantitative estimate of drug-likeness (QED) is 0.783. The normalized spacial score (nSPS) is 12.8. The van der Waals surface area contributed by atoms with E-state index in [4.69, 9.17) is 0 Å². The number of benzene rings is 1. The maximum atomic E-state index is 13.5. The molecular weight excluding hydrogens is 271 g/mol. The fourth-order valence-corrected chi connectivity index (χ4v) is 2.65. The number of anilines is 1. The second kappa shape index (κ2) is 8.53. The van der Waals surface area contributed by atoms with Gasteiger partial charge in [-0.25, -0.2) is 4.39 Å². The van der Waals surface area contributed by atoms with E-state index in [1.807, 2.05) is 17.8 Å². The molecule has 1 atom stereocenters. The van der Waals surface area contributed by atoms with Crippen LogP contribution in [0.3, 0.4) is 0 Å². The van der Waals surface area contributed by atoms with Gasteiger partial charge in [-0.3, -0.25) is 0 Å². The molecule has 0 bridgehead atoms. The molecule has 1 N–H and O–H groups in total. The minimum absolute atomic E-state index is 0.167. The first-order valence-electron chi connectivity index (χ1n) is 7.19. The van der Waals surface area contributed by atoms with E-state index in [1.54, 1.807) is 12.1 Å². The lowest BCUT2D eigenvalue weighted by Crippen LogP contribution is -2.31. The van der Waals surface area contributed by atoms with Crippen molar-refractivity contribution in [3.05, 3.63) is 29.6 Å². The van der Waals surface area contributed by atoms with Crippen LogP contribution < -0.4 is 10.2 Å². The number of hydrogen-bond donors (Lipinski definition) is 1. The Labute approximate surface area is 127 Å². The van der Waals surface area contributed by atoms with Crippen LogP contribution in [0.15, 0.2) is 18.2 Å². The van der Waals surface area contributed by atoms with Gasteiger partial charge in [0.2, 0.25) is 0 Å². The van der Waals surface area contributed by atoms with E-state index < -0.39 is 0 Å². The lowest BCUT2D eigenvalue weighted by atomic mass is 10.1. The van der Waals surface area contributed by atoms with Gasteiger partial charge in [0.15, 0.2) is 0 Å². The predicted octanol–water partition coefficient (Wildman–Crippen LogP) is 3.90. The van der Waals surface area contributed by atoms with Gasteiger partial charge in [-0.05, 0) is 49.1 Å². The van der Waals surface area contributed by atoms with Gasteiger partial charge in [-0.1, -0.05) is 13.8 Å². The highest BCUT2D eigenvalue weighted by molar-refractivity contribution is 7.98. The Balaban J connectivity index is 2.86. The summed E-state index contributed by atoms with van der Waals surface area (Å²) in [5, 5.41) is 3.37. The molecule has 0 amide bonds. The van der Waals surface area contributed by atoms with Crippen LogP contribution in [-0.2, 0) is 6.54 Å². The summed E-state index contributed by atoms with van der Waals surface area (Å²) < 4.78 is 13.5. The minimum atomic E-state index is -0.167. The molecule has 0 aliphatic carbocycles. The van der Waals surface area contributed by atoms with Crippen LogP contribution in [0.5, 0.6) is 0 Å². The Kier molecular flexibility index (Phi) is 7.38. The van der Waals surface area contributed by atoms with E-state index in [1.165, 1.54) is 0 Å². The Morgan fingerprint density at radius 2 is 2.00 bits per heavy atom. The maximum absolute atomic E-state index is 13.5. The monoisotopic (exact) mass is 298 g/mol. The molecule has 0 aliphatic rings. The van der Waals surface area contributed by atoms with E-state index in [0.717, 1.165) is 23.4 Å². The third kappa shape index (κ3) is 5.33. The predicted molar refractivity (Wildman–Crippen MR) is 89.2 cm³/mol. The van der Waals surface area contributed by atoms with Crippen LogP contribution in [0.4, 0.5) is 10.1 Å². The molecular formula is C16H27FN2S. The van der Waals surface area contributed by atoms with Crippen LogP contribution in [0.25, 0.3) is 0 Å². The van der Waals surface area contributed by atoms with Gasteiger partial charge >= 0.3 is 0 Å². The summed E-state index contributed by atoms with van der Waals surface area (Å²) in [4.78, 5) is 2.26. The minimum Gasteiger partial charge on any atom is -0.372 e. The molecule has 1 aromatic rings. The Hall–Kier alpha value is -0.740. The molecule has 0 heterocycles. The third-order valence-electron chi connectivity index (χ3n) is 3.52. The Morgan fingerprint density at radius 1 is 1.30 bits per heavy atom. The molecule has 0 aromatic heterocycles. The van der Waals surface area contributed by atoms with Gasteiger partial charge in [-0.2, -0.15) is 11.8 Å². The molecule has 1 aromatic carbocycles. The molecule has 0 aliphatic heterocycles. The molecule has 0 spiro atoms. The van der Waals surface area contributed by atoms with E-state index in [2.05, 4.69) is 44.3 Å². The zero-order valence-electron chi connectivity index (χ0n) is 13.2. The van der Waals surface area contributed by atoms with Crippen molar-refractivity contribution in [2.45, 2.75) is 45.8 Å². The van der Waals surface area contributed by atoms with Crippen LogP contribution in [0.1, 0.15) is 32.8 Å². The average molecular weight is 298 g/mol. The summed E-state index contributed by atoms with van der Waals surface area (Å²) in [6.45, 7) is 7.12. The lowest BCUT2D eigenvalue weighted by Gasteiger charge is -2.29. The third-order valence-corrected chi connectivity index (χ3v) is 4.17. The van der Waals surface area contributed by atoms with Crippen molar-refractivity contribution in [2.24, 2.45) is 0 Å². The number of thioether (sulfide) groups is 1. The fourth-order valence-electron chi connectivity index (χ4n) is 2.07. The van der Waals surface area contributed by atoms with Gasteiger partial charge in [0.25, 0.3) is 0 Å². The van der Waals surface area contributed by atoms with E-state index >= 15 is 0 Å². The summed E-state index contributed by atoms with van der Waals surface area (Å²) in [5.74, 6) is 0.978. The number of hydrogen-bond acceptors (Lipinski definition) is 3. The number of rotatable bonds is 8. The van der Waals surface area contributed by atoms with E-state index in [0.29, 0.717) is 18.6 Å². The van der Waals surface area contributed by atoms with Crippen LogP contribution in [0.2, 0.25) is 0 Å². The van der Waals surface area contributed by atoms with Crippen molar-refractivity contribution in [3.8, 4) is 0 Å². The molecule has 20 heavy (non-hydrogen) atoms. The number of halogens is 1. The van der Waals surface area contributed by atoms with Gasteiger partial charge in [0, 0.05) is 31.4 Å². The Bertz CT molecular complexity index is 409. The first-order valence-corrected chi connectivity index (χ1v) is 8.58.